The minimum Gasteiger partial charge on any atom is -0.466 e. The molecule has 0 spiro atoms. The van der Waals surface area contributed by atoms with Crippen LogP contribution in [0, 0.1) is 0 Å². The van der Waals surface area contributed by atoms with Crippen molar-refractivity contribution in [2.45, 2.75) is 62.5 Å². The van der Waals surface area contributed by atoms with Gasteiger partial charge in [-0.25, -0.2) is 18.8 Å². The summed E-state index contributed by atoms with van der Waals surface area (Å²) in [6.07, 6.45) is 5.28. The van der Waals surface area contributed by atoms with Gasteiger partial charge in [0, 0.05) is 5.69 Å². The number of fused-ring (bicyclic) bond motifs is 3. The first-order valence-corrected chi connectivity index (χ1v) is 11.7. The highest BCUT2D eigenvalue weighted by atomic mass is 32.2. The lowest BCUT2D eigenvalue weighted by atomic mass is 9.75. The Morgan fingerprint density at radius 2 is 2.30 bits per heavy atom. The molecule has 3 aliphatic rings. The maximum absolute atomic E-state index is 13.1. The summed E-state index contributed by atoms with van der Waals surface area (Å²) in [7, 11) is -3.58. The summed E-state index contributed by atoms with van der Waals surface area (Å²) in [5.74, 6) is 0.542. The SMILES string of the molecule is C[C@H]1Cc2cc3c(c(NC(=O)N=S(N)(=O)c4cnn5c4O[C@](C)(CO)C5)c21)CCC3. The third kappa shape index (κ3) is 2.93. The second-order valence-corrected chi connectivity index (χ2v) is 10.5. The molecule has 5 rings (SSSR count). The number of hydrogen-bond acceptors (Lipinski definition) is 5. The van der Waals surface area contributed by atoms with Gasteiger partial charge in [-0.1, -0.05) is 13.0 Å². The number of aliphatic hydroxyl groups excluding tert-OH is 1. The Hall–Kier alpha value is -2.43. The lowest BCUT2D eigenvalue weighted by Gasteiger charge is -2.31. The van der Waals surface area contributed by atoms with Gasteiger partial charge < -0.3 is 15.2 Å². The maximum atomic E-state index is 13.1. The van der Waals surface area contributed by atoms with Crippen LogP contribution < -0.4 is 15.2 Å². The van der Waals surface area contributed by atoms with Crippen molar-refractivity contribution in [2.75, 3.05) is 11.9 Å². The summed E-state index contributed by atoms with van der Waals surface area (Å²) in [4.78, 5) is 12.8. The number of carbonyl (C=O) groups is 1. The Labute approximate surface area is 174 Å². The molecule has 9 nitrogen and oxygen atoms in total. The Kier molecular flexibility index (Phi) is 4.25. The number of anilines is 1. The number of carbonyl (C=O) groups excluding carboxylic acids is 1. The second kappa shape index (κ2) is 6.53. The Balaban J connectivity index is 1.47. The van der Waals surface area contributed by atoms with Crippen LogP contribution in [0.2, 0.25) is 0 Å². The molecule has 0 bridgehead atoms. The molecule has 30 heavy (non-hydrogen) atoms. The first kappa shape index (κ1) is 19.5. The van der Waals surface area contributed by atoms with Crippen LogP contribution in [0.1, 0.15) is 48.4 Å². The van der Waals surface area contributed by atoms with E-state index in [1.165, 1.54) is 22.0 Å². The predicted molar refractivity (Wildman–Crippen MR) is 111 cm³/mol. The number of aryl methyl sites for hydroxylation is 1. The smallest absolute Gasteiger partial charge is 0.354 e. The van der Waals surface area contributed by atoms with Crippen LogP contribution in [0.15, 0.2) is 21.5 Å². The fourth-order valence-corrected chi connectivity index (χ4v) is 5.72. The van der Waals surface area contributed by atoms with Crippen molar-refractivity contribution < 1.29 is 18.8 Å². The molecule has 0 saturated heterocycles. The molecule has 0 fully saturated rings. The molecule has 2 aromatic rings. The number of rotatable bonds is 3. The minimum atomic E-state index is -3.58. The number of hydrogen-bond donors (Lipinski definition) is 3. The molecular weight excluding hydrogens is 406 g/mol. The van der Waals surface area contributed by atoms with E-state index in [0.717, 1.165) is 42.5 Å². The number of nitrogens with zero attached hydrogens (tertiary/aromatic N) is 3. The molecule has 2 aliphatic carbocycles. The fraction of sp³-hybridized carbons (Fsp3) is 0.500. The molecule has 1 aromatic heterocycles. The van der Waals surface area contributed by atoms with Crippen molar-refractivity contribution in [1.29, 1.82) is 0 Å². The summed E-state index contributed by atoms with van der Waals surface area (Å²) in [6.45, 7) is 3.90. The fourth-order valence-electron chi connectivity index (χ4n) is 4.74. The van der Waals surface area contributed by atoms with Gasteiger partial charge in [-0.05, 0) is 60.8 Å². The van der Waals surface area contributed by atoms with E-state index in [-0.39, 0.29) is 17.4 Å². The lowest BCUT2D eigenvalue weighted by Crippen LogP contribution is -2.35. The first-order valence-electron chi connectivity index (χ1n) is 10.1. The van der Waals surface area contributed by atoms with Crippen molar-refractivity contribution in [3.8, 4) is 5.88 Å². The summed E-state index contributed by atoms with van der Waals surface area (Å²) in [5, 5.41) is 22.5. The third-order valence-corrected chi connectivity index (χ3v) is 7.58. The lowest BCUT2D eigenvalue weighted by molar-refractivity contribution is 0.0399. The van der Waals surface area contributed by atoms with Gasteiger partial charge in [0.2, 0.25) is 5.88 Å². The van der Waals surface area contributed by atoms with Gasteiger partial charge in [-0.3, -0.25) is 0 Å². The van der Waals surface area contributed by atoms with Crippen LogP contribution in [0.4, 0.5) is 10.5 Å². The highest BCUT2D eigenvalue weighted by Crippen LogP contribution is 2.45. The van der Waals surface area contributed by atoms with Crippen LogP contribution in [0.5, 0.6) is 5.88 Å². The van der Waals surface area contributed by atoms with Crippen molar-refractivity contribution >= 4 is 21.6 Å². The number of nitrogens with one attached hydrogen (secondary N) is 1. The van der Waals surface area contributed by atoms with Crippen LogP contribution in [0.25, 0.3) is 0 Å². The molecule has 2 amide bonds. The molecule has 160 valence electrons. The molecule has 1 aliphatic heterocycles. The molecule has 2 heterocycles. The van der Waals surface area contributed by atoms with Crippen molar-refractivity contribution in [2.24, 2.45) is 9.50 Å². The zero-order chi connectivity index (χ0) is 21.3. The van der Waals surface area contributed by atoms with E-state index in [4.69, 9.17) is 9.88 Å². The Bertz CT molecular complexity index is 1190. The van der Waals surface area contributed by atoms with Crippen molar-refractivity contribution in [3.63, 3.8) is 0 Å². The first-order chi connectivity index (χ1) is 14.2. The van der Waals surface area contributed by atoms with Gasteiger partial charge >= 0.3 is 6.03 Å². The number of aliphatic hydroxyl groups is 1. The molecule has 4 N–H and O–H groups in total. The average molecular weight is 432 g/mol. The minimum absolute atomic E-state index is 0.0505. The molecule has 3 atom stereocenters. The molecular formula is C20H25N5O4S. The second-order valence-electron chi connectivity index (χ2n) is 8.69. The predicted octanol–water partition coefficient (Wildman–Crippen LogP) is 2.11. The summed E-state index contributed by atoms with van der Waals surface area (Å²) in [5.41, 5.74) is 4.77. The van der Waals surface area contributed by atoms with E-state index >= 15 is 0 Å². The molecule has 10 heteroatoms. The van der Waals surface area contributed by atoms with Gasteiger partial charge in [-0.15, -0.1) is 4.36 Å². The van der Waals surface area contributed by atoms with E-state index < -0.39 is 21.5 Å². The zero-order valence-corrected chi connectivity index (χ0v) is 17.8. The quantitative estimate of drug-likeness (QED) is 0.685. The molecule has 0 saturated carbocycles. The van der Waals surface area contributed by atoms with Gasteiger partial charge in [-0.2, -0.15) is 5.10 Å². The third-order valence-electron chi connectivity index (χ3n) is 6.23. The molecule has 1 aromatic carbocycles. The standard InChI is InChI=1S/C20H25N5O4S/c1-11-6-13-7-12-4-3-5-14(12)17(16(11)13)23-19(27)24-30(21,28)15-8-22-25-9-20(2,10-26)29-18(15)25/h7-8,11,26H,3-6,9-10H2,1-2H3,(H3,21,23,24,27,28)/t11-,20-,30?/m0/s1. The summed E-state index contributed by atoms with van der Waals surface area (Å²) < 4.78 is 24.1. The molecule has 1 unspecified atom stereocenters. The van der Waals surface area contributed by atoms with Crippen LogP contribution in [-0.4, -0.2) is 37.3 Å². The number of nitrogens with two attached hydrogens (primary N) is 1. The van der Waals surface area contributed by atoms with E-state index in [2.05, 4.69) is 27.8 Å². The van der Waals surface area contributed by atoms with Gasteiger partial charge in [0.25, 0.3) is 0 Å². The average Bonchev–Trinajstić information content (AvgIpc) is 3.34. The normalized spacial score (nSPS) is 25.4. The van der Waals surface area contributed by atoms with Crippen molar-refractivity contribution in [1.82, 2.24) is 9.78 Å². The van der Waals surface area contributed by atoms with Gasteiger partial charge in [0.1, 0.15) is 4.90 Å². The number of urea groups is 1. The van der Waals surface area contributed by atoms with Crippen LogP contribution in [-0.2, 0) is 35.7 Å². The van der Waals surface area contributed by atoms with Gasteiger partial charge in [0.05, 0.1) is 19.3 Å². The van der Waals surface area contributed by atoms with E-state index in [1.54, 1.807) is 6.92 Å². The van der Waals surface area contributed by atoms with Crippen LogP contribution in [0.3, 0.4) is 0 Å². The monoisotopic (exact) mass is 431 g/mol. The highest BCUT2D eigenvalue weighted by Gasteiger charge is 2.39. The Morgan fingerprint density at radius 1 is 1.50 bits per heavy atom. The number of ether oxygens (including phenoxy) is 1. The summed E-state index contributed by atoms with van der Waals surface area (Å²) in [6, 6.07) is 1.51. The van der Waals surface area contributed by atoms with E-state index in [9.17, 15) is 14.1 Å². The van der Waals surface area contributed by atoms with Crippen molar-refractivity contribution in [3.05, 3.63) is 34.5 Å². The molecule has 0 radical (unpaired) electrons. The number of amides is 2. The maximum Gasteiger partial charge on any atom is 0.354 e. The highest BCUT2D eigenvalue weighted by molar-refractivity contribution is 7.91. The van der Waals surface area contributed by atoms with Crippen LogP contribution >= 0.6 is 0 Å². The number of benzene rings is 1. The number of aromatic nitrogens is 2. The Morgan fingerprint density at radius 3 is 3.03 bits per heavy atom. The topological polar surface area (TPSA) is 132 Å². The van der Waals surface area contributed by atoms with E-state index in [0.29, 0.717) is 12.5 Å². The van der Waals surface area contributed by atoms with Gasteiger partial charge in [0.15, 0.2) is 15.5 Å². The van der Waals surface area contributed by atoms with E-state index in [1.807, 2.05) is 0 Å². The largest absolute Gasteiger partial charge is 0.466 e. The summed E-state index contributed by atoms with van der Waals surface area (Å²) >= 11 is 0. The zero-order valence-electron chi connectivity index (χ0n) is 17.0.